The van der Waals surface area contributed by atoms with Gasteiger partial charge in [-0.3, -0.25) is 29.0 Å². The molecule has 2 aromatic carbocycles. The number of ether oxygens (including phenoxy) is 1. The fraction of sp³-hybridized carbons (Fsp3) is 0.360. The summed E-state index contributed by atoms with van der Waals surface area (Å²) in [5.41, 5.74) is -1.52. The molecule has 190 valence electrons. The molecule has 1 saturated heterocycles. The van der Waals surface area contributed by atoms with Crippen molar-refractivity contribution in [2.24, 2.45) is 0 Å². The summed E-state index contributed by atoms with van der Waals surface area (Å²) >= 11 is 6.19. The van der Waals surface area contributed by atoms with Crippen LogP contribution in [-0.4, -0.2) is 55.4 Å². The quantitative estimate of drug-likeness (QED) is 0.330. The van der Waals surface area contributed by atoms with Crippen LogP contribution in [0.25, 0.3) is 0 Å². The van der Waals surface area contributed by atoms with E-state index in [2.05, 4.69) is 0 Å². The number of likely N-dealkylation sites (tertiary alicyclic amines) is 1. The Morgan fingerprint density at radius 3 is 2.22 bits per heavy atom. The van der Waals surface area contributed by atoms with Crippen LogP contribution in [0, 0.1) is 0 Å². The largest absolute Gasteiger partial charge is 0.459 e. The van der Waals surface area contributed by atoms with Crippen molar-refractivity contribution in [2.45, 2.75) is 49.6 Å². The first-order valence-corrected chi connectivity index (χ1v) is 13.4. The maximum Gasteiger partial charge on any atom is 0.326 e. The highest BCUT2D eigenvalue weighted by atomic mass is 35.5. The predicted octanol–water partition coefficient (Wildman–Crippen LogP) is 2.63. The molecule has 2 aliphatic heterocycles. The number of rotatable bonds is 5. The molecule has 36 heavy (non-hydrogen) atoms. The van der Waals surface area contributed by atoms with E-state index in [4.69, 9.17) is 16.3 Å². The Morgan fingerprint density at radius 1 is 1.03 bits per heavy atom. The molecule has 0 saturated carbocycles. The summed E-state index contributed by atoms with van der Waals surface area (Å²) in [6.07, 6.45) is 0.668. The molecule has 1 unspecified atom stereocenters. The number of sulfone groups is 1. The number of nitrogens with zero attached hydrogens (tertiary/aromatic N) is 2. The molecule has 0 aliphatic carbocycles. The molecule has 4 rings (SSSR count). The number of carbonyl (C=O) groups excluding carboxylic acids is 4. The van der Waals surface area contributed by atoms with Gasteiger partial charge in [-0.15, -0.1) is 0 Å². The zero-order chi connectivity index (χ0) is 26.6. The molecular weight excluding hydrogens is 508 g/mol. The van der Waals surface area contributed by atoms with Crippen LogP contribution in [-0.2, 0) is 45.7 Å². The van der Waals surface area contributed by atoms with Crippen LogP contribution in [0.15, 0.2) is 47.4 Å². The van der Waals surface area contributed by atoms with Crippen LogP contribution < -0.4 is 4.90 Å². The average Bonchev–Trinajstić information content (AvgIpc) is 3.13. The molecule has 2 aromatic rings. The normalized spacial score (nSPS) is 19.9. The highest BCUT2D eigenvalue weighted by Crippen LogP contribution is 2.49. The van der Waals surface area contributed by atoms with Crippen LogP contribution in [0.1, 0.15) is 38.3 Å². The van der Waals surface area contributed by atoms with E-state index in [-0.39, 0.29) is 22.0 Å². The van der Waals surface area contributed by atoms with Crippen molar-refractivity contribution in [1.29, 1.82) is 0 Å². The minimum absolute atomic E-state index is 0.106. The third-order valence-electron chi connectivity index (χ3n) is 6.05. The van der Waals surface area contributed by atoms with Gasteiger partial charge in [0.25, 0.3) is 0 Å². The molecule has 2 aliphatic rings. The van der Waals surface area contributed by atoms with Crippen molar-refractivity contribution in [1.82, 2.24) is 4.90 Å². The number of imide groups is 1. The monoisotopic (exact) mass is 532 g/mol. The van der Waals surface area contributed by atoms with E-state index >= 15 is 0 Å². The van der Waals surface area contributed by atoms with Gasteiger partial charge in [0.2, 0.25) is 17.7 Å². The van der Waals surface area contributed by atoms with Gasteiger partial charge < -0.3 is 4.74 Å². The number of amides is 3. The summed E-state index contributed by atoms with van der Waals surface area (Å²) in [6.45, 7) is 4.53. The number of halogens is 1. The van der Waals surface area contributed by atoms with E-state index < -0.39 is 57.5 Å². The van der Waals surface area contributed by atoms with Crippen molar-refractivity contribution >= 4 is 50.8 Å². The smallest absolute Gasteiger partial charge is 0.326 e. The van der Waals surface area contributed by atoms with E-state index in [1.807, 2.05) is 0 Å². The Kier molecular flexibility index (Phi) is 6.25. The summed E-state index contributed by atoms with van der Waals surface area (Å²) < 4.78 is 28.8. The molecule has 9 nitrogen and oxygen atoms in total. The van der Waals surface area contributed by atoms with Crippen molar-refractivity contribution < 1.29 is 32.3 Å². The highest BCUT2D eigenvalue weighted by Gasteiger charge is 2.64. The number of hydrogen-bond donors (Lipinski definition) is 0. The van der Waals surface area contributed by atoms with E-state index in [0.717, 1.165) is 16.1 Å². The molecule has 0 bridgehead atoms. The van der Waals surface area contributed by atoms with Gasteiger partial charge in [-0.25, -0.2) is 8.42 Å². The van der Waals surface area contributed by atoms with E-state index in [9.17, 15) is 27.6 Å². The first-order chi connectivity index (χ1) is 16.6. The summed E-state index contributed by atoms with van der Waals surface area (Å²) in [5.74, 6) is -2.64. The molecule has 2 heterocycles. The van der Waals surface area contributed by atoms with Crippen molar-refractivity contribution in [2.75, 3.05) is 17.7 Å². The first kappa shape index (κ1) is 25.8. The second kappa shape index (κ2) is 8.70. The van der Waals surface area contributed by atoms with Gasteiger partial charge in [0.1, 0.15) is 12.1 Å². The Bertz CT molecular complexity index is 1400. The number of anilines is 1. The second-order valence-corrected chi connectivity index (χ2v) is 12.4. The van der Waals surface area contributed by atoms with Crippen molar-refractivity contribution in [3.8, 4) is 0 Å². The number of fused-ring (bicyclic) bond motifs is 2. The van der Waals surface area contributed by atoms with Crippen LogP contribution in [0.2, 0.25) is 5.02 Å². The lowest BCUT2D eigenvalue weighted by molar-refractivity contribution is -0.154. The third kappa shape index (κ3) is 4.51. The highest BCUT2D eigenvalue weighted by molar-refractivity contribution is 7.90. The molecule has 11 heteroatoms. The maximum atomic E-state index is 13.7. The van der Waals surface area contributed by atoms with Gasteiger partial charge in [-0.1, -0.05) is 23.7 Å². The van der Waals surface area contributed by atoms with Gasteiger partial charge in [0.15, 0.2) is 15.3 Å². The maximum absolute atomic E-state index is 13.7. The van der Waals surface area contributed by atoms with Crippen LogP contribution in [0.3, 0.4) is 0 Å². The Hall–Kier alpha value is -3.24. The number of hydrogen-bond acceptors (Lipinski definition) is 7. The fourth-order valence-electron chi connectivity index (χ4n) is 4.50. The minimum atomic E-state index is -3.41. The van der Waals surface area contributed by atoms with Crippen molar-refractivity contribution in [3.63, 3.8) is 0 Å². The molecule has 0 radical (unpaired) electrons. The van der Waals surface area contributed by atoms with E-state index in [1.165, 1.54) is 36.4 Å². The molecule has 1 fully saturated rings. The fourth-order valence-corrected chi connectivity index (χ4v) is 5.31. The Labute approximate surface area is 213 Å². The minimum Gasteiger partial charge on any atom is -0.459 e. The summed E-state index contributed by atoms with van der Waals surface area (Å²) in [4.78, 5) is 55.3. The molecule has 3 amide bonds. The molecular formula is C25H25ClN2O7S. The molecule has 1 atom stereocenters. The molecule has 1 spiro atoms. The second-order valence-electron chi connectivity index (χ2n) is 9.92. The SMILES string of the molecule is CC(C)(C)OC(=O)CN1C(=O)C2(CC(=O)N(Cc3ccc(S(C)(=O)=O)cc3)C2=O)c2cc(Cl)ccc21. The van der Waals surface area contributed by atoms with Crippen LogP contribution in [0.4, 0.5) is 5.69 Å². The number of esters is 1. The zero-order valence-electron chi connectivity index (χ0n) is 20.2. The summed E-state index contributed by atoms with van der Waals surface area (Å²) in [7, 11) is -3.41. The van der Waals surface area contributed by atoms with Crippen LogP contribution in [0.5, 0.6) is 0 Å². The summed E-state index contributed by atoms with van der Waals surface area (Å²) in [5, 5.41) is 0.273. The average molecular weight is 533 g/mol. The van der Waals surface area contributed by atoms with Gasteiger partial charge in [-0.2, -0.15) is 0 Å². The van der Waals surface area contributed by atoms with Gasteiger partial charge >= 0.3 is 5.97 Å². The van der Waals surface area contributed by atoms with E-state index in [1.54, 1.807) is 26.8 Å². The zero-order valence-corrected chi connectivity index (χ0v) is 21.8. The first-order valence-electron chi connectivity index (χ1n) is 11.1. The summed E-state index contributed by atoms with van der Waals surface area (Å²) in [6, 6.07) is 10.4. The van der Waals surface area contributed by atoms with Gasteiger partial charge in [0.05, 0.1) is 17.9 Å². The van der Waals surface area contributed by atoms with Gasteiger partial charge in [-0.05, 0) is 56.7 Å². The van der Waals surface area contributed by atoms with Gasteiger partial charge in [0, 0.05) is 22.5 Å². The molecule has 0 N–H and O–H groups in total. The topological polar surface area (TPSA) is 118 Å². The number of benzene rings is 2. The van der Waals surface area contributed by atoms with Crippen molar-refractivity contribution in [3.05, 3.63) is 58.6 Å². The lowest BCUT2D eigenvalue weighted by Gasteiger charge is -2.24. The third-order valence-corrected chi connectivity index (χ3v) is 7.41. The lowest BCUT2D eigenvalue weighted by Crippen LogP contribution is -2.48. The molecule has 0 aromatic heterocycles. The van der Waals surface area contributed by atoms with E-state index in [0.29, 0.717) is 11.3 Å². The lowest BCUT2D eigenvalue weighted by atomic mass is 9.80. The predicted molar refractivity (Wildman–Crippen MR) is 131 cm³/mol. The Balaban J connectivity index is 1.68. The van der Waals surface area contributed by atoms with Crippen LogP contribution >= 0.6 is 11.6 Å². The Morgan fingerprint density at radius 2 is 1.64 bits per heavy atom. The number of carbonyl (C=O) groups is 4. The standard InChI is InChI=1S/C25H25ClN2O7S/c1-24(2,3)35-21(30)14-27-19-10-7-16(26)11-18(19)25(22(27)31)12-20(29)28(23(25)32)13-15-5-8-17(9-6-15)36(4,33)34/h5-11H,12-14H2,1-4H3.